The number of carboxylic acids is 1. The van der Waals surface area contributed by atoms with Gasteiger partial charge in [-0.1, -0.05) is 6.07 Å². The molecule has 1 aliphatic carbocycles. The molecule has 0 saturated heterocycles. The van der Waals surface area contributed by atoms with Crippen molar-refractivity contribution in [3.8, 4) is 0 Å². The number of fused-ring (bicyclic) bond motifs is 1. The first-order valence-corrected chi connectivity index (χ1v) is 7.33. The number of ether oxygens (including phenoxy) is 1. The van der Waals surface area contributed by atoms with E-state index in [0.29, 0.717) is 17.5 Å². The highest BCUT2D eigenvalue weighted by Gasteiger charge is 2.37. The molecule has 1 fully saturated rings. The molecule has 3 rings (SSSR count). The van der Waals surface area contributed by atoms with Crippen LogP contribution in [0.25, 0.3) is 0 Å². The molecule has 0 aromatic heterocycles. The average Bonchev–Trinajstić information content (AvgIpc) is 3.28. The summed E-state index contributed by atoms with van der Waals surface area (Å²) in [5.41, 5.74) is 2.55. The summed E-state index contributed by atoms with van der Waals surface area (Å²) in [6.45, 7) is 1.72. The van der Waals surface area contributed by atoms with Crippen LogP contribution in [0, 0.1) is 5.92 Å². The maximum atomic E-state index is 11.4. The number of rotatable bonds is 5. The molecular weight excluding hydrogens is 254 g/mol. The maximum Gasteiger partial charge on any atom is 0.336 e. The second-order valence-electron chi connectivity index (χ2n) is 5.77. The first kappa shape index (κ1) is 13.4. The molecule has 4 heteroatoms. The Morgan fingerprint density at radius 1 is 1.50 bits per heavy atom. The molecule has 1 aromatic rings. The fraction of sp³-hybridized carbons (Fsp3) is 0.562. The minimum atomic E-state index is -0.821. The molecular formula is C16H21NO3. The number of carbonyl (C=O) groups is 1. The van der Waals surface area contributed by atoms with Crippen molar-refractivity contribution >= 4 is 11.7 Å². The topological polar surface area (TPSA) is 49.8 Å². The van der Waals surface area contributed by atoms with Gasteiger partial charge in [-0.2, -0.15) is 0 Å². The Bertz CT molecular complexity index is 510. The fourth-order valence-electron chi connectivity index (χ4n) is 3.33. The van der Waals surface area contributed by atoms with Crippen LogP contribution in [0.4, 0.5) is 5.69 Å². The molecule has 108 valence electrons. The van der Waals surface area contributed by atoms with E-state index in [2.05, 4.69) is 11.0 Å². The molecule has 20 heavy (non-hydrogen) atoms. The quantitative estimate of drug-likeness (QED) is 0.897. The Labute approximate surface area is 119 Å². The van der Waals surface area contributed by atoms with E-state index in [1.165, 1.54) is 12.8 Å². The van der Waals surface area contributed by atoms with Crippen molar-refractivity contribution < 1.29 is 14.6 Å². The summed E-state index contributed by atoms with van der Waals surface area (Å²) in [7, 11) is 1.74. The molecule has 0 spiro atoms. The minimum Gasteiger partial charge on any atom is -0.478 e. The lowest BCUT2D eigenvalue weighted by molar-refractivity contribution is 0.0695. The van der Waals surface area contributed by atoms with E-state index in [-0.39, 0.29) is 0 Å². The van der Waals surface area contributed by atoms with Crippen LogP contribution < -0.4 is 4.90 Å². The predicted molar refractivity (Wildman–Crippen MR) is 77.5 cm³/mol. The van der Waals surface area contributed by atoms with Gasteiger partial charge < -0.3 is 14.7 Å². The molecule has 4 nitrogen and oxygen atoms in total. The second kappa shape index (κ2) is 5.44. The maximum absolute atomic E-state index is 11.4. The highest BCUT2D eigenvalue weighted by atomic mass is 16.5. The monoisotopic (exact) mass is 275 g/mol. The normalized spacial score (nSPS) is 19.6. The van der Waals surface area contributed by atoms with Gasteiger partial charge in [0.05, 0.1) is 18.2 Å². The molecule has 1 heterocycles. The lowest BCUT2D eigenvalue weighted by Crippen LogP contribution is -2.43. The summed E-state index contributed by atoms with van der Waals surface area (Å²) < 4.78 is 5.39. The Kier molecular flexibility index (Phi) is 3.66. The van der Waals surface area contributed by atoms with Gasteiger partial charge >= 0.3 is 5.97 Å². The van der Waals surface area contributed by atoms with E-state index >= 15 is 0 Å². The van der Waals surface area contributed by atoms with E-state index in [1.807, 2.05) is 6.07 Å². The molecule has 1 aliphatic heterocycles. The number of nitrogens with zero attached hydrogens (tertiary/aromatic N) is 1. The van der Waals surface area contributed by atoms with Crippen LogP contribution in [0.5, 0.6) is 0 Å². The van der Waals surface area contributed by atoms with Gasteiger partial charge in [0.1, 0.15) is 0 Å². The van der Waals surface area contributed by atoms with Gasteiger partial charge in [-0.3, -0.25) is 0 Å². The molecule has 0 radical (unpaired) electrons. The van der Waals surface area contributed by atoms with Crippen LogP contribution in [0.1, 0.15) is 35.2 Å². The van der Waals surface area contributed by atoms with E-state index in [0.717, 1.165) is 37.2 Å². The van der Waals surface area contributed by atoms with Crippen LogP contribution in [-0.4, -0.2) is 37.4 Å². The van der Waals surface area contributed by atoms with Crippen LogP contribution in [0.2, 0.25) is 0 Å². The number of carboxylic acid groups (broad SMARTS) is 1. The van der Waals surface area contributed by atoms with Crippen molar-refractivity contribution in [1.29, 1.82) is 0 Å². The third kappa shape index (κ3) is 2.40. The Morgan fingerprint density at radius 2 is 2.30 bits per heavy atom. The molecule has 1 atom stereocenters. The lowest BCUT2D eigenvalue weighted by atomic mass is 9.94. The van der Waals surface area contributed by atoms with Gasteiger partial charge in [-0.05, 0) is 49.3 Å². The number of benzene rings is 1. The highest BCUT2D eigenvalue weighted by molar-refractivity contribution is 5.91. The Hall–Kier alpha value is -1.55. The van der Waals surface area contributed by atoms with E-state index in [4.69, 9.17) is 4.74 Å². The average molecular weight is 275 g/mol. The van der Waals surface area contributed by atoms with Crippen molar-refractivity contribution in [3.63, 3.8) is 0 Å². The summed E-state index contributed by atoms with van der Waals surface area (Å²) in [6, 6.07) is 6.03. The van der Waals surface area contributed by atoms with Gasteiger partial charge in [-0.15, -0.1) is 0 Å². The van der Waals surface area contributed by atoms with Gasteiger partial charge in [0.25, 0.3) is 0 Å². The zero-order valence-electron chi connectivity index (χ0n) is 11.8. The molecule has 1 saturated carbocycles. The number of hydrogen-bond donors (Lipinski definition) is 1. The van der Waals surface area contributed by atoms with Crippen LogP contribution in [0.15, 0.2) is 18.2 Å². The lowest BCUT2D eigenvalue weighted by Gasteiger charge is -2.38. The first-order valence-electron chi connectivity index (χ1n) is 7.33. The summed E-state index contributed by atoms with van der Waals surface area (Å²) >= 11 is 0. The molecule has 1 aromatic carbocycles. The predicted octanol–water partition coefficient (Wildman–Crippen LogP) is 2.56. The van der Waals surface area contributed by atoms with E-state index in [1.54, 1.807) is 13.2 Å². The second-order valence-corrected chi connectivity index (χ2v) is 5.77. The third-order valence-corrected chi connectivity index (χ3v) is 4.42. The molecule has 2 aliphatic rings. The van der Waals surface area contributed by atoms with Gasteiger partial charge in [0.2, 0.25) is 0 Å². The van der Waals surface area contributed by atoms with Crippen molar-refractivity contribution in [2.75, 3.05) is 25.2 Å². The standard InChI is InChI=1S/C16H21NO3/c1-20-10-15(11-7-8-11)17-9-3-5-12-13(16(18)19)4-2-6-14(12)17/h2,4,6,11,15H,3,5,7-10H2,1H3,(H,18,19). The summed E-state index contributed by atoms with van der Waals surface area (Å²) in [6.07, 6.45) is 4.40. The van der Waals surface area contributed by atoms with E-state index in [9.17, 15) is 9.90 Å². The van der Waals surface area contributed by atoms with Gasteiger partial charge in [0, 0.05) is 19.3 Å². The summed E-state index contributed by atoms with van der Waals surface area (Å²) in [4.78, 5) is 13.8. The molecule has 0 bridgehead atoms. The van der Waals surface area contributed by atoms with Crippen LogP contribution >= 0.6 is 0 Å². The largest absolute Gasteiger partial charge is 0.478 e. The highest BCUT2D eigenvalue weighted by Crippen LogP contribution is 2.40. The number of methoxy groups -OCH3 is 1. The van der Waals surface area contributed by atoms with Crippen molar-refractivity contribution in [1.82, 2.24) is 0 Å². The first-order chi connectivity index (χ1) is 9.72. The minimum absolute atomic E-state index is 0.392. The zero-order chi connectivity index (χ0) is 14.1. The van der Waals surface area contributed by atoms with Crippen molar-refractivity contribution in [2.45, 2.75) is 31.7 Å². The number of anilines is 1. The fourth-order valence-corrected chi connectivity index (χ4v) is 3.33. The van der Waals surface area contributed by atoms with Crippen LogP contribution in [-0.2, 0) is 11.2 Å². The van der Waals surface area contributed by atoms with Gasteiger partial charge in [0.15, 0.2) is 0 Å². The molecule has 1 unspecified atom stereocenters. The van der Waals surface area contributed by atoms with Gasteiger partial charge in [-0.25, -0.2) is 4.79 Å². The molecule has 1 N–H and O–H groups in total. The van der Waals surface area contributed by atoms with Crippen molar-refractivity contribution in [2.24, 2.45) is 5.92 Å². The SMILES string of the molecule is COCC(C1CC1)N1CCCc2c(C(=O)O)cccc21. The smallest absolute Gasteiger partial charge is 0.336 e. The van der Waals surface area contributed by atoms with Crippen molar-refractivity contribution in [3.05, 3.63) is 29.3 Å². The van der Waals surface area contributed by atoms with E-state index < -0.39 is 5.97 Å². The Morgan fingerprint density at radius 3 is 2.95 bits per heavy atom. The number of hydrogen-bond acceptors (Lipinski definition) is 3. The zero-order valence-corrected chi connectivity index (χ0v) is 11.8. The third-order valence-electron chi connectivity index (χ3n) is 4.42. The molecule has 0 amide bonds. The number of aromatic carboxylic acids is 1. The summed E-state index contributed by atoms with van der Waals surface area (Å²) in [5, 5.41) is 9.35. The Balaban J connectivity index is 1.96. The van der Waals surface area contributed by atoms with Crippen LogP contribution in [0.3, 0.4) is 0 Å². The summed E-state index contributed by atoms with van der Waals surface area (Å²) in [5.74, 6) is -0.118.